The fraction of sp³-hybridized carbons (Fsp3) is 0.100. The highest BCUT2D eigenvalue weighted by Crippen LogP contribution is 2.08. The van der Waals surface area contributed by atoms with E-state index in [1.807, 2.05) is 6.07 Å². The van der Waals surface area contributed by atoms with E-state index in [2.05, 4.69) is 15.5 Å². The predicted octanol–water partition coefficient (Wildman–Crippen LogP) is 1.32. The zero-order valence-corrected chi connectivity index (χ0v) is 9.20. The van der Waals surface area contributed by atoms with E-state index in [1.54, 1.807) is 24.5 Å². The van der Waals surface area contributed by atoms with E-state index in [4.69, 9.17) is 22.5 Å². The molecule has 0 aliphatic heterocycles. The number of aromatic nitrogens is 2. The number of thiocarbonyl (C=S) groups is 1. The number of rotatable bonds is 4. The van der Waals surface area contributed by atoms with Crippen molar-refractivity contribution in [3.05, 3.63) is 42.0 Å². The summed E-state index contributed by atoms with van der Waals surface area (Å²) < 4.78 is 4.94. The number of nitrogens with zero attached hydrogens (tertiary/aromatic N) is 2. The SMILES string of the molecule is NC(=S)c1ccc(NCc2ccno2)cn1. The second-order valence-electron chi connectivity index (χ2n) is 3.13. The Balaban J connectivity index is 1.98. The number of nitrogens with one attached hydrogen (secondary N) is 1. The highest BCUT2D eigenvalue weighted by atomic mass is 32.1. The van der Waals surface area contributed by atoms with Gasteiger partial charge in [0.1, 0.15) is 4.99 Å². The van der Waals surface area contributed by atoms with Crippen LogP contribution in [0.4, 0.5) is 5.69 Å². The van der Waals surface area contributed by atoms with Crippen molar-refractivity contribution in [3.63, 3.8) is 0 Å². The van der Waals surface area contributed by atoms with Gasteiger partial charge in [-0.05, 0) is 12.1 Å². The van der Waals surface area contributed by atoms with Gasteiger partial charge in [-0.3, -0.25) is 4.98 Å². The first-order chi connectivity index (χ1) is 7.75. The van der Waals surface area contributed by atoms with E-state index in [1.165, 1.54) is 0 Å². The van der Waals surface area contributed by atoms with Gasteiger partial charge < -0.3 is 15.6 Å². The third-order valence-corrected chi connectivity index (χ3v) is 2.18. The molecule has 16 heavy (non-hydrogen) atoms. The van der Waals surface area contributed by atoms with E-state index >= 15 is 0 Å². The summed E-state index contributed by atoms with van der Waals surface area (Å²) in [5, 5.41) is 6.74. The molecule has 2 aromatic rings. The molecule has 0 aromatic carbocycles. The second-order valence-corrected chi connectivity index (χ2v) is 3.57. The Labute approximate surface area is 97.7 Å². The monoisotopic (exact) mass is 234 g/mol. The Kier molecular flexibility index (Phi) is 3.11. The summed E-state index contributed by atoms with van der Waals surface area (Å²) in [6, 6.07) is 5.42. The topological polar surface area (TPSA) is 77.0 Å². The maximum atomic E-state index is 5.44. The van der Waals surface area contributed by atoms with E-state index in [9.17, 15) is 0 Å². The average molecular weight is 234 g/mol. The molecule has 0 bridgehead atoms. The molecule has 6 heteroatoms. The second kappa shape index (κ2) is 4.71. The zero-order valence-electron chi connectivity index (χ0n) is 8.38. The van der Waals surface area contributed by atoms with Gasteiger partial charge in [-0.15, -0.1) is 0 Å². The lowest BCUT2D eigenvalue weighted by atomic mass is 10.3. The third-order valence-electron chi connectivity index (χ3n) is 1.97. The molecular formula is C10H10N4OS. The number of hydrogen-bond acceptors (Lipinski definition) is 5. The standard InChI is InChI=1S/C10H10N4OS/c11-10(16)9-2-1-7(5-13-9)12-6-8-3-4-14-15-8/h1-5,12H,6H2,(H2,11,16). The van der Waals surface area contributed by atoms with Gasteiger partial charge >= 0.3 is 0 Å². The highest BCUT2D eigenvalue weighted by molar-refractivity contribution is 7.80. The van der Waals surface area contributed by atoms with Crippen molar-refractivity contribution >= 4 is 22.9 Å². The van der Waals surface area contributed by atoms with Crippen LogP contribution in [0.25, 0.3) is 0 Å². The van der Waals surface area contributed by atoms with Gasteiger partial charge in [0.2, 0.25) is 0 Å². The van der Waals surface area contributed by atoms with E-state index in [0.717, 1.165) is 11.4 Å². The Morgan fingerprint density at radius 1 is 1.44 bits per heavy atom. The number of anilines is 1. The molecule has 0 aliphatic rings. The van der Waals surface area contributed by atoms with Crippen molar-refractivity contribution in [2.75, 3.05) is 5.32 Å². The molecule has 0 radical (unpaired) electrons. The van der Waals surface area contributed by atoms with Gasteiger partial charge in [-0.1, -0.05) is 17.4 Å². The zero-order chi connectivity index (χ0) is 11.4. The fourth-order valence-electron chi connectivity index (χ4n) is 1.17. The molecular weight excluding hydrogens is 224 g/mol. The molecule has 0 aliphatic carbocycles. The molecule has 2 heterocycles. The van der Waals surface area contributed by atoms with Crippen LogP contribution in [0, 0.1) is 0 Å². The largest absolute Gasteiger partial charge is 0.388 e. The maximum Gasteiger partial charge on any atom is 0.155 e. The van der Waals surface area contributed by atoms with Crippen LogP contribution >= 0.6 is 12.2 Å². The molecule has 0 amide bonds. The molecule has 3 N–H and O–H groups in total. The molecule has 0 saturated carbocycles. The minimum atomic E-state index is 0.293. The van der Waals surface area contributed by atoms with Crippen LogP contribution in [0.3, 0.4) is 0 Å². The van der Waals surface area contributed by atoms with E-state index < -0.39 is 0 Å². The summed E-state index contributed by atoms with van der Waals surface area (Å²) in [6.45, 7) is 0.564. The van der Waals surface area contributed by atoms with Crippen molar-refractivity contribution in [2.24, 2.45) is 5.73 Å². The van der Waals surface area contributed by atoms with E-state index in [0.29, 0.717) is 17.2 Å². The van der Waals surface area contributed by atoms with Crippen LogP contribution in [0.15, 0.2) is 35.1 Å². The summed E-state index contributed by atoms with van der Waals surface area (Å²) in [7, 11) is 0. The lowest BCUT2D eigenvalue weighted by Gasteiger charge is -2.04. The summed E-state index contributed by atoms with van der Waals surface area (Å²) in [4.78, 5) is 4.40. The lowest BCUT2D eigenvalue weighted by Crippen LogP contribution is -2.11. The molecule has 82 valence electrons. The van der Waals surface area contributed by atoms with Gasteiger partial charge in [0.25, 0.3) is 0 Å². The minimum absolute atomic E-state index is 0.293. The Hall–Kier alpha value is -1.95. The normalized spacial score (nSPS) is 10.0. The lowest BCUT2D eigenvalue weighted by molar-refractivity contribution is 0.388. The molecule has 2 aromatic heterocycles. The van der Waals surface area contributed by atoms with E-state index in [-0.39, 0.29) is 0 Å². The number of nitrogens with two attached hydrogens (primary N) is 1. The first kappa shape index (κ1) is 10.6. The summed E-state index contributed by atoms with van der Waals surface area (Å²) in [5.74, 6) is 0.762. The third kappa shape index (κ3) is 2.54. The van der Waals surface area contributed by atoms with Crippen LogP contribution in [0.2, 0.25) is 0 Å². The van der Waals surface area contributed by atoms with Crippen molar-refractivity contribution < 1.29 is 4.52 Å². The summed E-state index contributed by atoms with van der Waals surface area (Å²) in [6.07, 6.45) is 3.27. The summed E-state index contributed by atoms with van der Waals surface area (Å²) in [5.41, 5.74) is 6.92. The molecule has 2 rings (SSSR count). The minimum Gasteiger partial charge on any atom is -0.388 e. The molecule has 0 atom stereocenters. The Bertz CT molecular complexity index is 466. The van der Waals surface area contributed by atoms with Gasteiger partial charge in [-0.2, -0.15) is 0 Å². The Morgan fingerprint density at radius 3 is 2.88 bits per heavy atom. The smallest absolute Gasteiger partial charge is 0.155 e. The van der Waals surface area contributed by atoms with Crippen molar-refractivity contribution in [3.8, 4) is 0 Å². The average Bonchev–Trinajstić information content (AvgIpc) is 2.80. The van der Waals surface area contributed by atoms with Crippen molar-refractivity contribution in [1.82, 2.24) is 10.1 Å². The highest BCUT2D eigenvalue weighted by Gasteiger charge is 1.99. The van der Waals surface area contributed by atoms with Crippen LogP contribution in [-0.4, -0.2) is 15.1 Å². The number of pyridine rings is 1. The predicted molar refractivity (Wildman–Crippen MR) is 64.0 cm³/mol. The van der Waals surface area contributed by atoms with Gasteiger partial charge in [-0.25, -0.2) is 0 Å². The van der Waals surface area contributed by atoms with Crippen LogP contribution in [0.1, 0.15) is 11.5 Å². The first-order valence-electron chi connectivity index (χ1n) is 4.65. The van der Waals surface area contributed by atoms with Crippen molar-refractivity contribution in [2.45, 2.75) is 6.54 Å². The van der Waals surface area contributed by atoms with Gasteiger partial charge in [0.05, 0.1) is 30.3 Å². The molecule has 0 fully saturated rings. The first-order valence-corrected chi connectivity index (χ1v) is 5.06. The maximum absolute atomic E-state index is 5.44. The molecule has 5 nitrogen and oxygen atoms in total. The quantitative estimate of drug-likeness (QED) is 0.777. The molecule has 0 unspecified atom stereocenters. The van der Waals surface area contributed by atoms with Gasteiger partial charge in [0, 0.05) is 6.07 Å². The van der Waals surface area contributed by atoms with Gasteiger partial charge in [0.15, 0.2) is 5.76 Å². The van der Waals surface area contributed by atoms with Crippen LogP contribution in [0.5, 0.6) is 0 Å². The molecule has 0 saturated heterocycles. The Morgan fingerprint density at radius 2 is 2.31 bits per heavy atom. The van der Waals surface area contributed by atoms with Crippen molar-refractivity contribution in [1.29, 1.82) is 0 Å². The summed E-state index contributed by atoms with van der Waals surface area (Å²) >= 11 is 4.81. The van der Waals surface area contributed by atoms with Crippen LogP contribution < -0.4 is 11.1 Å². The molecule has 0 spiro atoms. The fourth-order valence-corrected chi connectivity index (χ4v) is 1.29. The van der Waals surface area contributed by atoms with Crippen LogP contribution in [-0.2, 0) is 6.54 Å². The number of hydrogen-bond donors (Lipinski definition) is 2.